The van der Waals surface area contributed by atoms with Crippen LogP contribution in [-0.4, -0.2) is 16.7 Å². The molecule has 1 aromatic rings. The molecular weight excluding hydrogens is 214 g/mol. The van der Waals surface area contributed by atoms with Crippen molar-refractivity contribution in [2.75, 3.05) is 5.75 Å². The average Bonchev–Trinajstić information content (AvgIpc) is 2.71. The maximum absolute atomic E-state index is 3.75. The van der Waals surface area contributed by atoms with Crippen LogP contribution in [0.4, 0.5) is 0 Å². The lowest BCUT2D eigenvalue weighted by Gasteiger charge is -2.24. The molecule has 0 spiro atoms. The first kappa shape index (κ1) is 12.0. The van der Waals surface area contributed by atoms with Gasteiger partial charge in [-0.15, -0.1) is 11.8 Å². The Morgan fingerprint density at radius 1 is 1.38 bits per heavy atom. The summed E-state index contributed by atoms with van der Waals surface area (Å²) in [5.74, 6) is 1.27. The third-order valence-corrected chi connectivity index (χ3v) is 4.87. The van der Waals surface area contributed by atoms with E-state index in [1.807, 2.05) is 0 Å². The van der Waals surface area contributed by atoms with Crippen LogP contribution in [0.1, 0.15) is 32.3 Å². The second kappa shape index (κ2) is 5.24. The third-order valence-electron chi connectivity index (χ3n) is 3.34. The van der Waals surface area contributed by atoms with Crippen molar-refractivity contribution in [1.82, 2.24) is 5.32 Å². The molecule has 1 fully saturated rings. The second-order valence-electron chi connectivity index (χ2n) is 4.78. The zero-order valence-electron chi connectivity index (χ0n) is 10.2. The fraction of sp³-hybridized carbons (Fsp3) is 0.571. The molecule has 1 N–H and O–H groups in total. The molecular formula is C14H21NS. The second-order valence-corrected chi connectivity index (χ2v) is 6.30. The Morgan fingerprint density at radius 2 is 2.12 bits per heavy atom. The number of nitrogens with one attached hydrogen (secondary N) is 1. The van der Waals surface area contributed by atoms with Crippen LogP contribution in [0.15, 0.2) is 30.3 Å². The highest BCUT2D eigenvalue weighted by Gasteiger charge is 2.33. The first-order valence-corrected chi connectivity index (χ1v) is 7.16. The minimum Gasteiger partial charge on any atom is -0.299 e. The van der Waals surface area contributed by atoms with Crippen LogP contribution in [0.2, 0.25) is 0 Å². The van der Waals surface area contributed by atoms with Crippen LogP contribution in [-0.2, 0) is 6.42 Å². The van der Waals surface area contributed by atoms with Gasteiger partial charge in [-0.2, -0.15) is 0 Å². The molecule has 1 aliphatic heterocycles. The number of rotatable bonds is 4. The number of aryl methyl sites for hydroxylation is 1. The maximum atomic E-state index is 3.75. The van der Waals surface area contributed by atoms with E-state index in [4.69, 9.17) is 0 Å². The van der Waals surface area contributed by atoms with Gasteiger partial charge in [0.1, 0.15) is 0 Å². The lowest BCUT2D eigenvalue weighted by molar-refractivity contribution is 0.434. The van der Waals surface area contributed by atoms with Crippen molar-refractivity contribution in [3.8, 4) is 0 Å². The molecule has 2 heteroatoms. The summed E-state index contributed by atoms with van der Waals surface area (Å²) in [6.07, 6.45) is 3.64. The van der Waals surface area contributed by atoms with Gasteiger partial charge in [-0.25, -0.2) is 0 Å². The van der Waals surface area contributed by atoms with Crippen LogP contribution in [0.5, 0.6) is 0 Å². The Bertz CT molecular complexity index is 325. The van der Waals surface area contributed by atoms with Crippen LogP contribution in [0.3, 0.4) is 0 Å². The molecule has 0 aromatic heterocycles. The van der Waals surface area contributed by atoms with Gasteiger partial charge in [0.15, 0.2) is 0 Å². The number of benzene rings is 1. The van der Waals surface area contributed by atoms with E-state index in [9.17, 15) is 0 Å². The summed E-state index contributed by atoms with van der Waals surface area (Å²) in [5.41, 5.74) is 1.45. The molecule has 0 bridgehead atoms. The van der Waals surface area contributed by atoms with Gasteiger partial charge in [0, 0.05) is 11.8 Å². The van der Waals surface area contributed by atoms with Crippen molar-refractivity contribution in [1.29, 1.82) is 0 Å². The molecule has 0 aliphatic carbocycles. The van der Waals surface area contributed by atoms with Crippen LogP contribution in [0.25, 0.3) is 0 Å². The van der Waals surface area contributed by atoms with Gasteiger partial charge in [0.25, 0.3) is 0 Å². The van der Waals surface area contributed by atoms with E-state index in [1.165, 1.54) is 30.6 Å². The van der Waals surface area contributed by atoms with Crippen molar-refractivity contribution in [2.24, 2.45) is 0 Å². The summed E-state index contributed by atoms with van der Waals surface area (Å²) < 4.78 is 0. The zero-order chi connectivity index (χ0) is 11.4. The summed E-state index contributed by atoms with van der Waals surface area (Å²) in [6.45, 7) is 4.61. The fourth-order valence-electron chi connectivity index (χ4n) is 2.19. The fourth-order valence-corrected chi connectivity index (χ4v) is 3.58. The quantitative estimate of drug-likeness (QED) is 0.858. The maximum Gasteiger partial charge on any atom is 0.0622 e. The first-order valence-electron chi connectivity index (χ1n) is 6.17. The largest absolute Gasteiger partial charge is 0.299 e. The topological polar surface area (TPSA) is 12.0 Å². The normalized spacial score (nSPS) is 29.5. The van der Waals surface area contributed by atoms with Crippen LogP contribution in [0, 0.1) is 0 Å². The van der Waals surface area contributed by atoms with Gasteiger partial charge in [0.2, 0.25) is 0 Å². The number of thioether (sulfide) groups is 1. The predicted octanol–water partition coefficient (Wildman–Crippen LogP) is 3.45. The molecule has 88 valence electrons. The standard InChI is InChI=1S/C14H21NS/c1-3-13-11-16-14(2,15-13)10-9-12-7-5-4-6-8-12/h4-8,13,15H,3,9-11H2,1-2H3. The molecule has 16 heavy (non-hydrogen) atoms. The van der Waals surface area contributed by atoms with E-state index >= 15 is 0 Å². The molecule has 2 atom stereocenters. The van der Waals surface area contributed by atoms with E-state index < -0.39 is 0 Å². The molecule has 0 saturated carbocycles. The lowest BCUT2D eigenvalue weighted by Crippen LogP contribution is -2.39. The van der Waals surface area contributed by atoms with Crippen LogP contribution < -0.4 is 5.32 Å². The zero-order valence-corrected chi connectivity index (χ0v) is 11.0. The smallest absolute Gasteiger partial charge is 0.0622 e. The van der Waals surface area contributed by atoms with Gasteiger partial charge >= 0.3 is 0 Å². The molecule has 0 radical (unpaired) electrons. The monoisotopic (exact) mass is 235 g/mol. The van der Waals surface area contributed by atoms with Gasteiger partial charge in [-0.1, -0.05) is 37.3 Å². The van der Waals surface area contributed by atoms with Crippen molar-refractivity contribution in [3.63, 3.8) is 0 Å². The molecule has 2 unspecified atom stereocenters. The molecule has 0 amide bonds. The van der Waals surface area contributed by atoms with Crippen LogP contribution >= 0.6 is 11.8 Å². The Kier molecular flexibility index (Phi) is 3.93. The van der Waals surface area contributed by atoms with Crippen molar-refractivity contribution < 1.29 is 0 Å². The van der Waals surface area contributed by atoms with E-state index in [0.717, 1.165) is 0 Å². The summed E-state index contributed by atoms with van der Waals surface area (Å²) in [6, 6.07) is 11.5. The molecule has 1 heterocycles. The molecule has 1 nitrogen and oxygen atoms in total. The molecule has 1 aromatic carbocycles. The minimum absolute atomic E-state index is 0.288. The van der Waals surface area contributed by atoms with Crippen molar-refractivity contribution in [2.45, 2.75) is 44.0 Å². The minimum atomic E-state index is 0.288. The SMILES string of the molecule is CCC1CSC(C)(CCc2ccccc2)N1. The van der Waals surface area contributed by atoms with Crippen molar-refractivity contribution >= 4 is 11.8 Å². The van der Waals surface area contributed by atoms with E-state index in [0.29, 0.717) is 6.04 Å². The number of hydrogen-bond acceptors (Lipinski definition) is 2. The lowest BCUT2D eigenvalue weighted by atomic mass is 10.1. The molecule has 1 aliphatic rings. The number of hydrogen-bond donors (Lipinski definition) is 1. The average molecular weight is 235 g/mol. The Hall–Kier alpha value is -0.470. The van der Waals surface area contributed by atoms with E-state index in [2.05, 4.69) is 61.3 Å². The Balaban J connectivity index is 1.86. The summed E-state index contributed by atoms with van der Waals surface area (Å²) in [7, 11) is 0. The van der Waals surface area contributed by atoms with Gasteiger partial charge in [-0.3, -0.25) is 5.32 Å². The Labute approximate surface area is 103 Å². The highest BCUT2D eigenvalue weighted by molar-refractivity contribution is 8.00. The van der Waals surface area contributed by atoms with E-state index in [1.54, 1.807) is 0 Å². The van der Waals surface area contributed by atoms with Gasteiger partial charge in [0.05, 0.1) is 4.87 Å². The van der Waals surface area contributed by atoms with Crippen molar-refractivity contribution in [3.05, 3.63) is 35.9 Å². The van der Waals surface area contributed by atoms with Gasteiger partial charge in [-0.05, 0) is 31.7 Å². The highest BCUT2D eigenvalue weighted by Crippen LogP contribution is 2.34. The highest BCUT2D eigenvalue weighted by atomic mass is 32.2. The molecule has 2 rings (SSSR count). The summed E-state index contributed by atoms with van der Waals surface area (Å²) >= 11 is 2.09. The first-order chi connectivity index (χ1) is 7.72. The predicted molar refractivity (Wildman–Crippen MR) is 72.8 cm³/mol. The summed E-state index contributed by atoms with van der Waals surface area (Å²) in [4.78, 5) is 0.288. The molecule has 1 saturated heterocycles. The third kappa shape index (κ3) is 3.02. The van der Waals surface area contributed by atoms with Gasteiger partial charge < -0.3 is 0 Å². The van der Waals surface area contributed by atoms with E-state index in [-0.39, 0.29) is 4.87 Å². The summed E-state index contributed by atoms with van der Waals surface area (Å²) in [5, 5.41) is 3.75. The Morgan fingerprint density at radius 3 is 2.75 bits per heavy atom.